The monoisotopic (exact) mass is 506 g/mol. The van der Waals surface area contributed by atoms with Gasteiger partial charge in [-0.3, -0.25) is 4.79 Å². The van der Waals surface area contributed by atoms with Crippen molar-refractivity contribution in [3.63, 3.8) is 0 Å². The van der Waals surface area contributed by atoms with Crippen LogP contribution in [0.1, 0.15) is 64.3 Å². The van der Waals surface area contributed by atoms with E-state index in [0.717, 1.165) is 31.3 Å². The maximum atomic E-state index is 11.6. The van der Waals surface area contributed by atoms with Crippen molar-refractivity contribution in [2.75, 3.05) is 0 Å². The Balaban J connectivity index is 0.000000131. The molecule has 192 valence electrons. The maximum absolute atomic E-state index is 11.6. The first-order valence-electron chi connectivity index (χ1n) is 14.5. The number of carbonyl (C=O) groups is 1. The van der Waals surface area contributed by atoms with Crippen molar-refractivity contribution in [1.29, 1.82) is 0 Å². The second kappa shape index (κ2) is 9.97. The van der Waals surface area contributed by atoms with Gasteiger partial charge in [0.25, 0.3) is 0 Å². The first kappa shape index (κ1) is 24.1. The molecule has 0 aromatic heterocycles. The second-order valence-electron chi connectivity index (χ2n) is 11.3. The van der Waals surface area contributed by atoms with Crippen LogP contribution in [0.5, 0.6) is 0 Å². The molecular formula is C38H34O. The van der Waals surface area contributed by atoms with Crippen LogP contribution in [-0.2, 0) is 43.3 Å². The number of aryl methyl sites for hydroxylation is 2. The van der Waals surface area contributed by atoms with Crippen LogP contribution in [0.25, 0.3) is 34.4 Å². The van der Waals surface area contributed by atoms with Gasteiger partial charge in [-0.2, -0.15) is 0 Å². The van der Waals surface area contributed by atoms with Crippen LogP contribution in [0, 0.1) is 0 Å². The first-order chi connectivity index (χ1) is 19.2. The number of hydrogen-bond donors (Lipinski definition) is 0. The molecule has 4 aromatic carbocycles. The molecule has 0 saturated carbocycles. The van der Waals surface area contributed by atoms with E-state index in [9.17, 15) is 4.79 Å². The van der Waals surface area contributed by atoms with E-state index in [0.29, 0.717) is 0 Å². The molecule has 4 aromatic rings. The number of allylic oxidation sites excluding steroid dienone is 2. The summed E-state index contributed by atoms with van der Waals surface area (Å²) in [6.45, 7) is 1.67. The lowest BCUT2D eigenvalue weighted by Gasteiger charge is -2.26. The molecule has 0 radical (unpaired) electrons. The summed E-state index contributed by atoms with van der Waals surface area (Å²) in [7, 11) is 0. The number of rotatable bonds is 1. The highest BCUT2D eigenvalue weighted by Gasteiger charge is 2.23. The number of ketones is 1. The van der Waals surface area contributed by atoms with Crippen molar-refractivity contribution >= 4 is 17.9 Å². The number of carbonyl (C=O) groups excluding carboxylic acids is 1. The highest BCUT2D eigenvalue weighted by atomic mass is 16.1. The maximum Gasteiger partial charge on any atom is 0.155 e. The fourth-order valence-electron chi connectivity index (χ4n) is 7.14. The Morgan fingerprint density at radius 3 is 1.74 bits per heavy atom. The molecular weight excluding hydrogens is 472 g/mol. The third-order valence-corrected chi connectivity index (χ3v) is 9.12. The van der Waals surface area contributed by atoms with Crippen molar-refractivity contribution in [3.05, 3.63) is 129 Å². The minimum absolute atomic E-state index is 0.212. The average molecular weight is 507 g/mol. The van der Waals surface area contributed by atoms with Crippen molar-refractivity contribution < 1.29 is 4.79 Å². The van der Waals surface area contributed by atoms with Crippen LogP contribution in [0.2, 0.25) is 0 Å². The number of fused-ring (bicyclic) bond motifs is 10. The molecule has 4 aliphatic rings. The predicted octanol–water partition coefficient (Wildman–Crippen LogP) is 8.78. The molecule has 0 bridgehead atoms. The summed E-state index contributed by atoms with van der Waals surface area (Å²) in [5.74, 6) is 0.212. The van der Waals surface area contributed by atoms with Gasteiger partial charge in [-0.05, 0) is 137 Å². The normalized spacial score (nSPS) is 15.7. The van der Waals surface area contributed by atoms with E-state index in [-0.39, 0.29) is 5.78 Å². The Morgan fingerprint density at radius 1 is 0.538 bits per heavy atom. The molecule has 1 heteroatoms. The van der Waals surface area contributed by atoms with Gasteiger partial charge < -0.3 is 0 Å². The minimum atomic E-state index is 0.212. The van der Waals surface area contributed by atoms with Gasteiger partial charge in [0.1, 0.15) is 0 Å². The Bertz CT molecular complexity index is 1680. The Kier molecular flexibility index (Phi) is 6.16. The van der Waals surface area contributed by atoms with E-state index in [1.54, 1.807) is 18.1 Å². The van der Waals surface area contributed by atoms with Crippen molar-refractivity contribution in [2.45, 2.75) is 58.3 Å². The van der Waals surface area contributed by atoms with Crippen LogP contribution in [0.15, 0.2) is 84.4 Å². The Labute approximate surface area is 231 Å². The van der Waals surface area contributed by atoms with Crippen LogP contribution >= 0.6 is 0 Å². The van der Waals surface area contributed by atoms with Gasteiger partial charge in [-0.25, -0.2) is 0 Å². The van der Waals surface area contributed by atoms with E-state index in [4.69, 9.17) is 0 Å². The molecule has 0 saturated heterocycles. The van der Waals surface area contributed by atoms with Gasteiger partial charge in [-0.15, -0.1) is 0 Å². The summed E-state index contributed by atoms with van der Waals surface area (Å²) in [5.41, 5.74) is 18.5. The zero-order valence-electron chi connectivity index (χ0n) is 22.7. The minimum Gasteiger partial charge on any atom is -0.295 e. The summed E-state index contributed by atoms with van der Waals surface area (Å²) >= 11 is 0. The highest BCUT2D eigenvalue weighted by Crippen LogP contribution is 2.40. The summed E-state index contributed by atoms with van der Waals surface area (Å²) in [6.07, 6.45) is 15.7. The third kappa shape index (κ3) is 4.31. The third-order valence-electron chi connectivity index (χ3n) is 9.12. The Hall–Kier alpha value is -3.97. The molecule has 0 fully saturated rings. The first-order valence-corrected chi connectivity index (χ1v) is 14.5. The lowest BCUT2D eigenvalue weighted by atomic mass is 9.78. The number of benzene rings is 4. The quantitative estimate of drug-likeness (QED) is 0.252. The number of Topliss-reactive ketones (excluding diaryl/α,β-unsaturated/α-hetero) is 1. The summed E-state index contributed by atoms with van der Waals surface area (Å²) in [6, 6.07) is 26.7. The lowest BCUT2D eigenvalue weighted by molar-refractivity contribution is -0.113. The lowest BCUT2D eigenvalue weighted by Crippen LogP contribution is -2.12. The molecule has 4 aliphatic carbocycles. The van der Waals surface area contributed by atoms with E-state index < -0.39 is 0 Å². The van der Waals surface area contributed by atoms with E-state index in [2.05, 4.69) is 91.0 Å². The van der Waals surface area contributed by atoms with Gasteiger partial charge in [0.2, 0.25) is 0 Å². The molecule has 8 rings (SSSR count). The fraction of sp³-hybridized carbons (Fsp3) is 0.237. The van der Waals surface area contributed by atoms with E-state index in [1.807, 2.05) is 0 Å². The SMILES string of the molecule is C1=Cc2ccc3c(c2CC1)CCc1ccccc1-3.CC(=O)C1=Cc2ccc3c(c2CC1)CCc1ccccc1-3. The van der Waals surface area contributed by atoms with Crippen LogP contribution in [-0.4, -0.2) is 5.78 Å². The van der Waals surface area contributed by atoms with Gasteiger partial charge in [0.05, 0.1) is 0 Å². The van der Waals surface area contributed by atoms with Gasteiger partial charge in [-0.1, -0.05) is 84.9 Å². The highest BCUT2D eigenvalue weighted by molar-refractivity contribution is 5.99. The van der Waals surface area contributed by atoms with Crippen LogP contribution in [0.3, 0.4) is 0 Å². The van der Waals surface area contributed by atoms with Crippen LogP contribution in [0.4, 0.5) is 0 Å². The summed E-state index contributed by atoms with van der Waals surface area (Å²) in [4.78, 5) is 11.6. The molecule has 0 spiro atoms. The fourth-order valence-corrected chi connectivity index (χ4v) is 7.14. The molecule has 0 aliphatic heterocycles. The standard InChI is InChI=1S/C20H18O.C18H16/c1-13(21)15-7-9-18-16(12-15)8-11-19-17-5-3-2-4-14(17)6-10-20(18)19;1-3-7-15-13(5-1)9-11-18-16-8-4-2-6-14(16)10-12-17(15)18/h2-5,8,11-12H,6-7,9-10H2,1H3;1-3,5-7,10,12H,4,8-9,11H2. The van der Waals surface area contributed by atoms with Gasteiger partial charge in [0.15, 0.2) is 5.78 Å². The van der Waals surface area contributed by atoms with Crippen molar-refractivity contribution in [3.8, 4) is 22.3 Å². The van der Waals surface area contributed by atoms with E-state index in [1.165, 1.54) is 81.3 Å². The van der Waals surface area contributed by atoms with Crippen molar-refractivity contribution in [2.24, 2.45) is 0 Å². The van der Waals surface area contributed by atoms with Crippen LogP contribution < -0.4 is 0 Å². The smallest absolute Gasteiger partial charge is 0.155 e. The molecule has 39 heavy (non-hydrogen) atoms. The van der Waals surface area contributed by atoms with Gasteiger partial charge >= 0.3 is 0 Å². The predicted molar refractivity (Wildman–Crippen MR) is 163 cm³/mol. The molecule has 0 N–H and O–H groups in total. The van der Waals surface area contributed by atoms with E-state index >= 15 is 0 Å². The van der Waals surface area contributed by atoms with Crippen molar-refractivity contribution in [1.82, 2.24) is 0 Å². The Morgan fingerprint density at radius 2 is 1.10 bits per heavy atom. The van der Waals surface area contributed by atoms with Gasteiger partial charge in [0, 0.05) is 0 Å². The molecule has 0 unspecified atom stereocenters. The largest absolute Gasteiger partial charge is 0.295 e. The number of hydrogen-bond acceptors (Lipinski definition) is 1. The molecule has 0 heterocycles. The summed E-state index contributed by atoms with van der Waals surface area (Å²) < 4.78 is 0. The summed E-state index contributed by atoms with van der Waals surface area (Å²) in [5, 5.41) is 0. The second-order valence-corrected chi connectivity index (χ2v) is 11.3. The zero-order chi connectivity index (χ0) is 26.3. The molecule has 0 amide bonds. The zero-order valence-corrected chi connectivity index (χ0v) is 22.7. The molecule has 0 atom stereocenters. The topological polar surface area (TPSA) is 17.1 Å². The molecule has 1 nitrogen and oxygen atoms in total. The average Bonchev–Trinajstić information content (AvgIpc) is 3.00.